The van der Waals surface area contributed by atoms with Gasteiger partial charge in [-0.15, -0.1) is 11.3 Å². The molecule has 0 amide bonds. The van der Waals surface area contributed by atoms with Gasteiger partial charge in [0.2, 0.25) is 0 Å². The predicted molar refractivity (Wildman–Crippen MR) is 146 cm³/mol. The highest BCUT2D eigenvalue weighted by Gasteiger charge is 2.34. The first-order chi connectivity index (χ1) is 18.1. The van der Waals surface area contributed by atoms with Crippen molar-refractivity contribution < 1.29 is 14.2 Å². The molecule has 2 aromatic carbocycles. The lowest BCUT2D eigenvalue weighted by molar-refractivity contribution is 0.101. The van der Waals surface area contributed by atoms with E-state index in [4.69, 9.17) is 14.2 Å². The molecule has 0 aliphatic carbocycles. The van der Waals surface area contributed by atoms with E-state index < -0.39 is 0 Å². The highest BCUT2D eigenvalue weighted by atomic mass is 32.1. The third-order valence-corrected chi connectivity index (χ3v) is 8.16. The maximum Gasteiger partial charge on any atom is 0.185 e. The molecule has 8 heteroatoms. The van der Waals surface area contributed by atoms with E-state index in [1.54, 1.807) is 25.6 Å². The molecule has 7 nitrogen and oxygen atoms in total. The summed E-state index contributed by atoms with van der Waals surface area (Å²) < 4.78 is 17.3. The first-order valence-electron chi connectivity index (χ1n) is 12.9. The first kappa shape index (κ1) is 25.4. The Balaban J connectivity index is 1.22. The summed E-state index contributed by atoms with van der Waals surface area (Å²) >= 11 is 1.75. The quantitative estimate of drug-likeness (QED) is 0.356. The van der Waals surface area contributed by atoms with Gasteiger partial charge in [-0.05, 0) is 67.5 Å². The van der Waals surface area contributed by atoms with Crippen LogP contribution in [0.25, 0.3) is 0 Å². The van der Waals surface area contributed by atoms with Crippen LogP contribution in [0.15, 0.2) is 54.0 Å². The lowest BCUT2D eigenvalue weighted by Crippen LogP contribution is -2.52. The number of rotatable bonds is 10. The molecule has 3 unspecified atom stereocenters. The molecular weight excluding hydrogens is 484 g/mol. The van der Waals surface area contributed by atoms with E-state index in [0.717, 1.165) is 56.9 Å². The molecule has 0 spiro atoms. The largest absolute Gasteiger partial charge is 0.493 e. The predicted octanol–water partition coefficient (Wildman–Crippen LogP) is 5.39. The van der Waals surface area contributed by atoms with E-state index in [1.165, 1.54) is 11.6 Å². The molecule has 3 atom stereocenters. The number of piperidine rings is 2. The normalized spacial score (nSPS) is 20.2. The van der Waals surface area contributed by atoms with Crippen molar-refractivity contribution in [1.82, 2.24) is 9.88 Å². The van der Waals surface area contributed by atoms with Gasteiger partial charge < -0.3 is 24.0 Å². The number of hydrogen-bond donors (Lipinski definition) is 0. The summed E-state index contributed by atoms with van der Waals surface area (Å²) in [6, 6.07) is 15.6. The molecule has 2 aliphatic heterocycles. The minimum atomic E-state index is -0.115. The smallest absolute Gasteiger partial charge is 0.185 e. The number of methoxy groups -OCH3 is 2. The Labute approximate surface area is 223 Å². The zero-order valence-electron chi connectivity index (χ0n) is 21.5. The number of ether oxygens (including phenoxy) is 3. The van der Waals surface area contributed by atoms with Crippen molar-refractivity contribution in [1.29, 1.82) is 5.26 Å². The van der Waals surface area contributed by atoms with Crippen molar-refractivity contribution in [3.63, 3.8) is 0 Å². The number of fused-ring (bicyclic) bond motifs is 2. The number of benzene rings is 2. The molecule has 5 rings (SSSR count). The van der Waals surface area contributed by atoms with Gasteiger partial charge in [0.1, 0.15) is 11.9 Å². The van der Waals surface area contributed by atoms with Crippen LogP contribution in [0, 0.1) is 23.2 Å². The van der Waals surface area contributed by atoms with Crippen LogP contribution in [0.4, 0.5) is 5.13 Å². The van der Waals surface area contributed by atoms with Crippen LogP contribution in [0.2, 0.25) is 0 Å². The van der Waals surface area contributed by atoms with E-state index in [9.17, 15) is 5.26 Å². The summed E-state index contributed by atoms with van der Waals surface area (Å²) in [6.45, 7) is 5.58. The van der Waals surface area contributed by atoms with Gasteiger partial charge in [-0.3, -0.25) is 0 Å². The summed E-state index contributed by atoms with van der Waals surface area (Å²) in [6.07, 6.45) is 5.04. The Morgan fingerprint density at radius 2 is 1.78 bits per heavy atom. The Kier molecular flexibility index (Phi) is 8.12. The zero-order valence-corrected chi connectivity index (χ0v) is 22.3. The van der Waals surface area contributed by atoms with Crippen LogP contribution in [0.5, 0.6) is 17.2 Å². The van der Waals surface area contributed by atoms with E-state index in [1.807, 2.05) is 48.7 Å². The molecule has 0 saturated carbocycles. The maximum atomic E-state index is 9.21. The molecule has 194 valence electrons. The Bertz CT molecular complexity index is 1180. The summed E-state index contributed by atoms with van der Waals surface area (Å²) in [5.41, 5.74) is 1.73. The Morgan fingerprint density at radius 3 is 2.43 bits per heavy atom. The fourth-order valence-electron chi connectivity index (χ4n) is 5.72. The minimum Gasteiger partial charge on any atom is -0.493 e. The third-order valence-electron chi connectivity index (χ3n) is 7.33. The Morgan fingerprint density at radius 1 is 1.03 bits per heavy atom. The number of nitrogens with zero attached hydrogens (tertiary/aromatic N) is 4. The topological polar surface area (TPSA) is 70.9 Å². The van der Waals surface area contributed by atoms with Gasteiger partial charge in [-0.25, -0.2) is 4.98 Å². The van der Waals surface area contributed by atoms with Crippen LogP contribution >= 0.6 is 11.3 Å². The fraction of sp³-hybridized carbons (Fsp3) is 0.448. The highest BCUT2D eigenvalue weighted by molar-refractivity contribution is 7.13. The van der Waals surface area contributed by atoms with Crippen molar-refractivity contribution in [2.45, 2.75) is 25.4 Å². The zero-order chi connectivity index (χ0) is 25.6. The SMILES string of the molecule is COc1ccc(OC(CCCN2CC3CC(C2)CN(c2nccs2)C3)c2ccc(C#N)cc2)cc1OC. The molecule has 2 fully saturated rings. The average Bonchev–Trinajstić information content (AvgIpc) is 3.47. The lowest BCUT2D eigenvalue weighted by Gasteiger charge is -2.46. The van der Waals surface area contributed by atoms with Crippen LogP contribution in [-0.2, 0) is 0 Å². The fourth-order valence-corrected chi connectivity index (χ4v) is 6.38. The summed E-state index contributed by atoms with van der Waals surface area (Å²) in [5.74, 6) is 3.46. The van der Waals surface area contributed by atoms with Crippen LogP contribution in [0.3, 0.4) is 0 Å². The van der Waals surface area contributed by atoms with Gasteiger partial charge in [-0.1, -0.05) is 12.1 Å². The number of hydrogen-bond acceptors (Lipinski definition) is 8. The molecule has 2 aliphatic rings. The van der Waals surface area contributed by atoms with E-state index in [2.05, 4.69) is 26.2 Å². The van der Waals surface area contributed by atoms with Gasteiger partial charge in [0, 0.05) is 43.8 Å². The third kappa shape index (κ3) is 6.17. The number of anilines is 1. The second-order valence-corrected chi connectivity index (χ2v) is 10.8. The molecule has 2 saturated heterocycles. The van der Waals surface area contributed by atoms with Gasteiger partial charge in [0.05, 0.1) is 25.9 Å². The molecule has 3 heterocycles. The summed E-state index contributed by atoms with van der Waals surface area (Å²) in [7, 11) is 3.26. The molecule has 1 aromatic heterocycles. The monoisotopic (exact) mass is 518 g/mol. The minimum absolute atomic E-state index is 0.115. The standard InChI is InChI=1S/C29H34N4O3S/c1-34-27-10-9-25(15-28(27)35-2)36-26(24-7-5-21(16-30)6-8-24)4-3-12-32-17-22-14-23(18-32)20-33(19-22)29-31-11-13-37-29/h5-11,13,15,22-23,26H,3-4,12,14,17-20H2,1-2H3. The number of aromatic nitrogens is 1. The molecule has 0 radical (unpaired) electrons. The number of likely N-dealkylation sites (tertiary alicyclic amines) is 1. The second-order valence-electron chi connectivity index (χ2n) is 9.95. The summed E-state index contributed by atoms with van der Waals surface area (Å²) in [5, 5.41) is 12.5. The van der Waals surface area contributed by atoms with Crippen LogP contribution in [0.1, 0.15) is 36.5 Å². The second kappa shape index (κ2) is 11.8. The number of thiazole rings is 1. The van der Waals surface area contributed by atoms with Gasteiger partial charge >= 0.3 is 0 Å². The first-order valence-corrected chi connectivity index (χ1v) is 13.8. The average molecular weight is 519 g/mol. The molecule has 0 N–H and O–H groups in total. The van der Waals surface area contributed by atoms with E-state index in [-0.39, 0.29) is 6.10 Å². The van der Waals surface area contributed by atoms with Crippen LogP contribution < -0.4 is 19.1 Å². The Hall–Kier alpha value is -3.28. The lowest BCUT2D eigenvalue weighted by atomic mass is 9.84. The number of nitriles is 1. The van der Waals surface area contributed by atoms with Crippen molar-refractivity contribution in [3.8, 4) is 23.3 Å². The van der Waals surface area contributed by atoms with Gasteiger partial charge in [0.25, 0.3) is 0 Å². The van der Waals surface area contributed by atoms with Crippen molar-refractivity contribution in [2.75, 3.05) is 51.8 Å². The molecule has 2 bridgehead atoms. The van der Waals surface area contributed by atoms with Crippen molar-refractivity contribution in [2.24, 2.45) is 11.8 Å². The molecular formula is C29H34N4O3S. The van der Waals surface area contributed by atoms with Gasteiger partial charge in [0.15, 0.2) is 16.6 Å². The maximum absolute atomic E-state index is 9.21. The van der Waals surface area contributed by atoms with Crippen molar-refractivity contribution in [3.05, 3.63) is 65.2 Å². The summed E-state index contributed by atoms with van der Waals surface area (Å²) in [4.78, 5) is 9.66. The molecule has 37 heavy (non-hydrogen) atoms. The molecule has 3 aromatic rings. The van der Waals surface area contributed by atoms with Gasteiger partial charge in [-0.2, -0.15) is 5.26 Å². The van der Waals surface area contributed by atoms with E-state index >= 15 is 0 Å². The highest BCUT2D eigenvalue weighted by Crippen LogP contribution is 2.35. The van der Waals surface area contributed by atoms with E-state index in [0.29, 0.717) is 28.9 Å². The van der Waals surface area contributed by atoms with Crippen LogP contribution in [-0.4, -0.2) is 56.8 Å². The van der Waals surface area contributed by atoms with Crippen molar-refractivity contribution >= 4 is 16.5 Å².